The molecular formula is C17H21N5O2S. The molecule has 3 saturated heterocycles. The van der Waals surface area contributed by atoms with Crippen LogP contribution in [0.25, 0.3) is 0 Å². The molecule has 5 rings (SSSR count). The predicted molar refractivity (Wildman–Crippen MR) is 92.7 cm³/mol. The molecule has 0 unspecified atom stereocenters. The van der Waals surface area contributed by atoms with Crippen molar-refractivity contribution in [1.82, 2.24) is 24.6 Å². The van der Waals surface area contributed by atoms with E-state index in [1.165, 1.54) is 0 Å². The molecule has 25 heavy (non-hydrogen) atoms. The molecular weight excluding hydrogens is 338 g/mol. The Hall–Kier alpha value is -2.22. The maximum absolute atomic E-state index is 12.8. The summed E-state index contributed by atoms with van der Waals surface area (Å²) in [6, 6.07) is 1.97. The number of rotatable bonds is 4. The van der Waals surface area contributed by atoms with E-state index in [1.54, 1.807) is 27.7 Å². The van der Waals surface area contributed by atoms with Gasteiger partial charge in [0.1, 0.15) is 6.54 Å². The first-order valence-electron chi connectivity index (χ1n) is 8.55. The number of piperidine rings is 1. The van der Waals surface area contributed by atoms with E-state index in [4.69, 9.17) is 0 Å². The minimum absolute atomic E-state index is 0.0343. The van der Waals surface area contributed by atoms with Crippen molar-refractivity contribution < 1.29 is 9.59 Å². The number of hydrogen-bond donors (Lipinski definition) is 0. The number of nitrogens with zero attached hydrogens (tertiary/aromatic N) is 5. The number of carbonyl (C=O) groups is 2. The lowest BCUT2D eigenvalue weighted by atomic mass is 9.94. The molecule has 2 amide bonds. The second-order valence-electron chi connectivity index (χ2n) is 6.80. The third-order valence-electron chi connectivity index (χ3n) is 5.18. The van der Waals surface area contributed by atoms with Crippen LogP contribution in [0.2, 0.25) is 0 Å². The van der Waals surface area contributed by atoms with Crippen molar-refractivity contribution in [2.45, 2.75) is 38.9 Å². The van der Waals surface area contributed by atoms with Crippen LogP contribution in [-0.4, -0.2) is 55.5 Å². The van der Waals surface area contributed by atoms with Crippen LogP contribution < -0.4 is 0 Å². The van der Waals surface area contributed by atoms with Crippen molar-refractivity contribution >= 4 is 23.2 Å². The van der Waals surface area contributed by atoms with Gasteiger partial charge in [-0.2, -0.15) is 5.10 Å². The van der Waals surface area contributed by atoms with Gasteiger partial charge in [0.2, 0.25) is 11.8 Å². The quantitative estimate of drug-likeness (QED) is 0.825. The molecule has 3 fully saturated rings. The molecule has 0 radical (unpaired) electrons. The van der Waals surface area contributed by atoms with Crippen LogP contribution in [0.5, 0.6) is 0 Å². The zero-order valence-electron chi connectivity index (χ0n) is 14.2. The highest BCUT2D eigenvalue weighted by Gasteiger charge is 2.41. The highest BCUT2D eigenvalue weighted by atomic mass is 32.1. The Morgan fingerprint density at radius 2 is 2.24 bits per heavy atom. The summed E-state index contributed by atoms with van der Waals surface area (Å²) < 4.78 is 1.71. The first-order valence-corrected chi connectivity index (χ1v) is 9.50. The van der Waals surface area contributed by atoms with Gasteiger partial charge < -0.3 is 9.80 Å². The van der Waals surface area contributed by atoms with Crippen LogP contribution in [-0.2, 0) is 22.7 Å². The zero-order valence-corrected chi connectivity index (χ0v) is 15.0. The number of amides is 2. The molecule has 2 aromatic heterocycles. The van der Waals surface area contributed by atoms with Crippen LogP contribution in [0.4, 0.5) is 0 Å². The number of aryl methyl sites for hydroxylation is 1. The molecule has 132 valence electrons. The van der Waals surface area contributed by atoms with E-state index in [0.717, 1.165) is 24.2 Å². The minimum Gasteiger partial charge on any atom is -0.338 e. The standard InChI is InChI=1S/C17H21N5O2S/c1-12-4-5-19-22(12)9-16(23)20-6-13-2-3-15(8-20)21(17(13)24)7-14-10-25-11-18-14/h4-5,10-11,13,15H,2-3,6-9H2,1H3/t13-,15+/m0/s1. The Balaban J connectivity index is 1.49. The highest BCUT2D eigenvalue weighted by molar-refractivity contribution is 7.07. The molecule has 2 aromatic rings. The Morgan fingerprint density at radius 3 is 2.96 bits per heavy atom. The summed E-state index contributed by atoms with van der Waals surface area (Å²) >= 11 is 1.54. The Bertz CT molecular complexity index is 772. The predicted octanol–water partition coefficient (Wildman–Crippen LogP) is 1.30. The number of fused-ring (bicyclic) bond motifs is 4. The van der Waals surface area contributed by atoms with Gasteiger partial charge in [0.25, 0.3) is 0 Å². The van der Waals surface area contributed by atoms with Crippen LogP contribution >= 0.6 is 11.3 Å². The fourth-order valence-electron chi connectivity index (χ4n) is 3.73. The molecule has 0 saturated carbocycles. The van der Waals surface area contributed by atoms with Gasteiger partial charge in [-0.25, -0.2) is 4.98 Å². The van der Waals surface area contributed by atoms with Gasteiger partial charge >= 0.3 is 0 Å². The molecule has 7 nitrogen and oxygen atoms in total. The van der Waals surface area contributed by atoms with Gasteiger partial charge in [-0.1, -0.05) is 0 Å². The fourth-order valence-corrected chi connectivity index (χ4v) is 4.28. The van der Waals surface area contributed by atoms with Crippen molar-refractivity contribution in [3.8, 4) is 0 Å². The maximum atomic E-state index is 12.8. The molecule has 0 N–H and O–H groups in total. The van der Waals surface area contributed by atoms with Crippen molar-refractivity contribution in [1.29, 1.82) is 0 Å². The van der Waals surface area contributed by atoms with Crippen LogP contribution in [0.3, 0.4) is 0 Å². The summed E-state index contributed by atoms with van der Waals surface area (Å²) in [6.45, 7) is 3.83. The summed E-state index contributed by atoms with van der Waals surface area (Å²) in [5, 5.41) is 6.17. The third kappa shape index (κ3) is 3.18. The molecule has 0 spiro atoms. The van der Waals surface area contributed by atoms with Crippen molar-refractivity contribution in [3.63, 3.8) is 0 Å². The Kier molecular flexibility index (Phi) is 4.29. The van der Waals surface area contributed by atoms with Crippen LogP contribution in [0.15, 0.2) is 23.2 Å². The molecule has 0 aliphatic carbocycles. The summed E-state index contributed by atoms with van der Waals surface area (Å²) in [4.78, 5) is 33.6. The van der Waals surface area contributed by atoms with Gasteiger partial charge in [0.05, 0.1) is 23.7 Å². The van der Waals surface area contributed by atoms with E-state index in [0.29, 0.717) is 19.6 Å². The Morgan fingerprint density at radius 1 is 1.36 bits per heavy atom. The summed E-state index contributed by atoms with van der Waals surface area (Å²) in [6.07, 6.45) is 3.51. The second-order valence-corrected chi connectivity index (χ2v) is 7.52. The molecule has 8 heteroatoms. The van der Waals surface area contributed by atoms with E-state index in [2.05, 4.69) is 10.1 Å². The molecule has 2 bridgehead atoms. The number of hydrogen-bond acceptors (Lipinski definition) is 5. The van der Waals surface area contributed by atoms with Gasteiger partial charge in [0.15, 0.2) is 0 Å². The monoisotopic (exact) mass is 359 g/mol. The largest absolute Gasteiger partial charge is 0.338 e. The van der Waals surface area contributed by atoms with E-state index in [-0.39, 0.29) is 30.3 Å². The van der Waals surface area contributed by atoms with Gasteiger partial charge in [-0.3, -0.25) is 14.3 Å². The number of aromatic nitrogens is 3. The smallest absolute Gasteiger partial charge is 0.244 e. The minimum atomic E-state index is -0.0972. The second kappa shape index (κ2) is 6.59. The lowest BCUT2D eigenvalue weighted by Gasteiger charge is -2.35. The van der Waals surface area contributed by atoms with Gasteiger partial charge in [0, 0.05) is 36.4 Å². The van der Waals surface area contributed by atoms with Crippen molar-refractivity contribution in [2.75, 3.05) is 13.1 Å². The van der Waals surface area contributed by atoms with E-state index in [1.807, 2.05) is 28.2 Å². The van der Waals surface area contributed by atoms with Crippen molar-refractivity contribution in [2.24, 2.45) is 5.92 Å². The van der Waals surface area contributed by atoms with Gasteiger partial charge in [-0.05, 0) is 25.8 Å². The van der Waals surface area contributed by atoms with Crippen LogP contribution in [0.1, 0.15) is 24.2 Å². The maximum Gasteiger partial charge on any atom is 0.244 e. The van der Waals surface area contributed by atoms with Crippen molar-refractivity contribution in [3.05, 3.63) is 34.5 Å². The third-order valence-corrected chi connectivity index (χ3v) is 5.81. The number of thiazole rings is 1. The first kappa shape index (κ1) is 16.3. The fraction of sp³-hybridized carbons (Fsp3) is 0.529. The first-order chi connectivity index (χ1) is 12.1. The Labute approximate surface area is 150 Å². The van der Waals surface area contributed by atoms with E-state index >= 15 is 0 Å². The molecule has 3 aliphatic heterocycles. The highest BCUT2D eigenvalue weighted by Crippen LogP contribution is 2.30. The molecule has 5 heterocycles. The van der Waals surface area contributed by atoms with E-state index < -0.39 is 0 Å². The summed E-state index contributed by atoms with van der Waals surface area (Å²) in [7, 11) is 0. The molecule has 2 atom stereocenters. The van der Waals surface area contributed by atoms with Crippen LogP contribution in [0, 0.1) is 12.8 Å². The summed E-state index contributed by atoms with van der Waals surface area (Å²) in [5.41, 5.74) is 3.68. The zero-order chi connectivity index (χ0) is 17.4. The number of carbonyl (C=O) groups excluding carboxylic acids is 2. The lowest BCUT2D eigenvalue weighted by Crippen LogP contribution is -2.47. The SMILES string of the molecule is Cc1ccnn1CC(=O)N1C[C@@H]2CC[C@H](C1)N(Cc1cscn1)C2=O. The topological polar surface area (TPSA) is 71.3 Å². The average Bonchev–Trinajstić information content (AvgIpc) is 3.16. The summed E-state index contributed by atoms with van der Waals surface area (Å²) in [5.74, 6) is 0.0990. The average molecular weight is 359 g/mol. The molecule has 3 aliphatic rings. The van der Waals surface area contributed by atoms with E-state index in [9.17, 15) is 9.59 Å². The lowest BCUT2D eigenvalue weighted by molar-refractivity contribution is -0.140. The molecule has 0 aromatic carbocycles. The van der Waals surface area contributed by atoms with Gasteiger partial charge in [-0.15, -0.1) is 11.3 Å². The normalized spacial score (nSPS) is 23.2.